The van der Waals surface area contributed by atoms with Crippen LogP contribution in [0.15, 0.2) is 24.3 Å². The maximum Gasteiger partial charge on any atom is 0.234 e. The molecule has 1 aromatic carbocycles. The summed E-state index contributed by atoms with van der Waals surface area (Å²) < 4.78 is 25.3. The van der Waals surface area contributed by atoms with Gasteiger partial charge in [0, 0.05) is 12.6 Å². The summed E-state index contributed by atoms with van der Waals surface area (Å²) >= 11 is 0. The molecular weight excluding hydrogens is 224 g/mol. The van der Waals surface area contributed by atoms with E-state index >= 15 is 0 Å². The van der Waals surface area contributed by atoms with Crippen molar-refractivity contribution in [3.05, 3.63) is 29.8 Å². The third-order valence-electron chi connectivity index (χ3n) is 2.84. The minimum absolute atomic E-state index is 0.105. The zero-order chi connectivity index (χ0) is 11.8. The maximum absolute atomic E-state index is 11.9. The Morgan fingerprint density at radius 2 is 2.12 bits per heavy atom. The minimum atomic E-state index is -3.21. The highest BCUT2D eigenvalue weighted by atomic mass is 32.2. The lowest BCUT2D eigenvalue weighted by Crippen LogP contribution is -2.46. The van der Waals surface area contributed by atoms with Gasteiger partial charge in [-0.3, -0.25) is 4.31 Å². The monoisotopic (exact) mass is 240 g/mol. The molecule has 1 atom stereocenters. The molecule has 0 bridgehead atoms. The van der Waals surface area contributed by atoms with Gasteiger partial charge in [0.05, 0.1) is 11.4 Å². The SMILES string of the molecule is CCS(=O)(=O)N1CC(N)Cc2ccccc21. The van der Waals surface area contributed by atoms with Crippen LogP contribution >= 0.6 is 0 Å². The first-order valence-electron chi connectivity index (χ1n) is 5.38. The summed E-state index contributed by atoms with van der Waals surface area (Å²) in [5.74, 6) is 0.105. The number of benzene rings is 1. The van der Waals surface area contributed by atoms with Crippen LogP contribution in [0.1, 0.15) is 12.5 Å². The Kier molecular flexibility index (Phi) is 2.90. The van der Waals surface area contributed by atoms with Crippen LogP contribution < -0.4 is 10.0 Å². The van der Waals surface area contributed by atoms with Crippen LogP contribution in [0.5, 0.6) is 0 Å². The Labute approximate surface area is 96.1 Å². The Morgan fingerprint density at radius 1 is 1.44 bits per heavy atom. The van der Waals surface area contributed by atoms with Crippen LogP contribution in [0, 0.1) is 0 Å². The molecule has 5 heteroatoms. The van der Waals surface area contributed by atoms with Gasteiger partial charge in [-0.15, -0.1) is 0 Å². The van der Waals surface area contributed by atoms with E-state index in [1.807, 2.05) is 24.3 Å². The standard InChI is InChI=1S/C11H16N2O2S/c1-2-16(14,15)13-8-10(12)7-9-5-3-4-6-11(9)13/h3-6,10H,2,7-8,12H2,1H3. The van der Waals surface area contributed by atoms with Gasteiger partial charge in [-0.05, 0) is 25.0 Å². The molecule has 0 saturated carbocycles. The molecular formula is C11H16N2O2S. The lowest BCUT2D eigenvalue weighted by Gasteiger charge is -2.33. The van der Waals surface area contributed by atoms with Crippen molar-refractivity contribution < 1.29 is 8.42 Å². The van der Waals surface area contributed by atoms with E-state index in [9.17, 15) is 8.42 Å². The van der Waals surface area contributed by atoms with Gasteiger partial charge in [-0.25, -0.2) is 8.42 Å². The highest BCUT2D eigenvalue weighted by Crippen LogP contribution is 2.28. The van der Waals surface area contributed by atoms with Crippen molar-refractivity contribution in [2.75, 3.05) is 16.6 Å². The summed E-state index contributed by atoms with van der Waals surface area (Å²) in [4.78, 5) is 0. The van der Waals surface area contributed by atoms with Crippen LogP contribution in [-0.2, 0) is 16.4 Å². The molecule has 2 rings (SSSR count). The molecule has 0 radical (unpaired) electrons. The van der Waals surface area contributed by atoms with Gasteiger partial charge in [0.1, 0.15) is 0 Å². The van der Waals surface area contributed by atoms with Crippen molar-refractivity contribution in [2.24, 2.45) is 5.73 Å². The van der Waals surface area contributed by atoms with Gasteiger partial charge in [0.2, 0.25) is 10.0 Å². The molecule has 1 aliphatic rings. The fourth-order valence-electron chi connectivity index (χ4n) is 2.00. The number of rotatable bonds is 2. The normalized spacial score (nSPS) is 20.6. The number of sulfonamides is 1. The Balaban J connectivity index is 2.49. The average Bonchev–Trinajstić information content (AvgIpc) is 2.28. The average molecular weight is 240 g/mol. The third-order valence-corrected chi connectivity index (χ3v) is 4.59. The highest BCUT2D eigenvalue weighted by molar-refractivity contribution is 7.92. The second kappa shape index (κ2) is 4.07. The molecule has 0 aromatic heterocycles. The minimum Gasteiger partial charge on any atom is -0.326 e. The topological polar surface area (TPSA) is 63.4 Å². The van der Waals surface area contributed by atoms with Crippen LogP contribution in [0.25, 0.3) is 0 Å². The van der Waals surface area contributed by atoms with Crippen LogP contribution in [0.2, 0.25) is 0 Å². The maximum atomic E-state index is 11.9. The van der Waals surface area contributed by atoms with Gasteiger partial charge in [-0.1, -0.05) is 18.2 Å². The molecule has 88 valence electrons. The molecule has 0 amide bonds. The predicted molar refractivity (Wildman–Crippen MR) is 64.9 cm³/mol. The van der Waals surface area contributed by atoms with Gasteiger partial charge in [0.15, 0.2) is 0 Å². The summed E-state index contributed by atoms with van der Waals surface area (Å²) in [6.07, 6.45) is 0.742. The fraction of sp³-hybridized carbons (Fsp3) is 0.455. The van der Waals surface area contributed by atoms with Crippen molar-refractivity contribution in [1.82, 2.24) is 0 Å². The first kappa shape index (κ1) is 11.4. The van der Waals surface area contributed by atoms with E-state index in [1.165, 1.54) is 4.31 Å². The van der Waals surface area contributed by atoms with Crippen molar-refractivity contribution in [2.45, 2.75) is 19.4 Å². The molecule has 0 fully saturated rings. The van der Waals surface area contributed by atoms with Crippen molar-refractivity contribution in [3.63, 3.8) is 0 Å². The van der Waals surface area contributed by atoms with E-state index in [2.05, 4.69) is 0 Å². The molecule has 0 aliphatic carbocycles. The number of nitrogens with zero attached hydrogens (tertiary/aromatic N) is 1. The molecule has 1 aliphatic heterocycles. The van der Waals surface area contributed by atoms with Crippen LogP contribution in [0.4, 0.5) is 5.69 Å². The summed E-state index contributed by atoms with van der Waals surface area (Å²) in [6, 6.07) is 7.43. The highest BCUT2D eigenvalue weighted by Gasteiger charge is 2.29. The molecule has 2 N–H and O–H groups in total. The summed E-state index contributed by atoms with van der Waals surface area (Å²) in [5.41, 5.74) is 7.68. The lowest BCUT2D eigenvalue weighted by molar-refractivity contribution is 0.576. The molecule has 1 heterocycles. The Bertz CT molecular complexity index is 485. The van der Waals surface area contributed by atoms with Crippen LogP contribution in [-0.4, -0.2) is 26.8 Å². The summed E-state index contributed by atoms with van der Waals surface area (Å²) in [5, 5.41) is 0. The second-order valence-corrected chi connectivity index (χ2v) is 6.21. The second-order valence-electron chi connectivity index (χ2n) is 4.02. The third kappa shape index (κ3) is 1.92. The molecule has 0 spiro atoms. The van der Waals surface area contributed by atoms with E-state index in [-0.39, 0.29) is 11.8 Å². The number of hydrogen-bond donors (Lipinski definition) is 1. The van der Waals surface area contributed by atoms with Gasteiger partial charge in [0.25, 0.3) is 0 Å². The summed E-state index contributed by atoms with van der Waals surface area (Å²) in [6.45, 7) is 2.03. The first-order chi connectivity index (χ1) is 7.54. The van der Waals surface area contributed by atoms with E-state index in [4.69, 9.17) is 5.73 Å². The van der Waals surface area contributed by atoms with Gasteiger partial charge >= 0.3 is 0 Å². The first-order valence-corrected chi connectivity index (χ1v) is 6.99. The van der Waals surface area contributed by atoms with Gasteiger partial charge in [-0.2, -0.15) is 0 Å². The van der Waals surface area contributed by atoms with E-state index in [1.54, 1.807) is 6.92 Å². The van der Waals surface area contributed by atoms with Gasteiger partial charge < -0.3 is 5.73 Å². The number of anilines is 1. The number of para-hydroxylation sites is 1. The number of nitrogens with two attached hydrogens (primary N) is 1. The van der Waals surface area contributed by atoms with E-state index < -0.39 is 10.0 Å². The molecule has 4 nitrogen and oxygen atoms in total. The Morgan fingerprint density at radius 3 is 2.81 bits per heavy atom. The largest absolute Gasteiger partial charge is 0.326 e. The molecule has 1 unspecified atom stereocenters. The zero-order valence-corrected chi connectivity index (χ0v) is 10.1. The van der Waals surface area contributed by atoms with Crippen molar-refractivity contribution in [1.29, 1.82) is 0 Å². The van der Waals surface area contributed by atoms with Crippen LogP contribution in [0.3, 0.4) is 0 Å². The van der Waals surface area contributed by atoms with E-state index in [0.717, 1.165) is 17.7 Å². The quantitative estimate of drug-likeness (QED) is 0.828. The molecule has 16 heavy (non-hydrogen) atoms. The smallest absolute Gasteiger partial charge is 0.234 e. The fourth-order valence-corrected chi connectivity index (χ4v) is 3.21. The van der Waals surface area contributed by atoms with Crippen molar-refractivity contribution >= 4 is 15.7 Å². The van der Waals surface area contributed by atoms with Crippen molar-refractivity contribution in [3.8, 4) is 0 Å². The molecule has 0 saturated heterocycles. The Hall–Kier alpha value is -1.07. The zero-order valence-electron chi connectivity index (χ0n) is 9.26. The lowest BCUT2D eigenvalue weighted by atomic mass is 10.0. The number of hydrogen-bond acceptors (Lipinski definition) is 3. The summed E-state index contributed by atoms with van der Waals surface area (Å²) in [7, 11) is -3.21. The molecule has 1 aromatic rings. The van der Waals surface area contributed by atoms with E-state index in [0.29, 0.717) is 6.54 Å². The predicted octanol–water partition coefficient (Wildman–Crippen LogP) is 0.726. The number of fused-ring (bicyclic) bond motifs is 1.